The minimum Gasteiger partial charge on any atom is -0.353 e. The van der Waals surface area contributed by atoms with Crippen LogP contribution < -0.4 is 5.32 Å². The summed E-state index contributed by atoms with van der Waals surface area (Å²) in [6.07, 6.45) is 0. The van der Waals surface area contributed by atoms with Gasteiger partial charge < -0.3 is 5.32 Å². The van der Waals surface area contributed by atoms with Crippen LogP contribution in [0.1, 0.15) is 30.9 Å². The summed E-state index contributed by atoms with van der Waals surface area (Å²) in [4.78, 5) is 11.5. The molecule has 80 valence electrons. The van der Waals surface area contributed by atoms with Crippen LogP contribution >= 0.6 is 0 Å². The number of benzene rings is 1. The zero-order chi connectivity index (χ0) is 11.0. The van der Waals surface area contributed by atoms with Crippen molar-refractivity contribution in [3.05, 3.63) is 35.4 Å². The molecule has 2 rings (SSSR count). The third-order valence-electron chi connectivity index (χ3n) is 3.32. The first kappa shape index (κ1) is 10.2. The van der Waals surface area contributed by atoms with Gasteiger partial charge in [-0.3, -0.25) is 4.79 Å². The van der Waals surface area contributed by atoms with Gasteiger partial charge in [0.15, 0.2) is 0 Å². The van der Waals surface area contributed by atoms with Gasteiger partial charge in [-0.25, -0.2) is 0 Å². The summed E-state index contributed by atoms with van der Waals surface area (Å²) < 4.78 is 0. The van der Waals surface area contributed by atoms with Gasteiger partial charge in [0, 0.05) is 17.9 Å². The van der Waals surface area contributed by atoms with E-state index in [1.807, 2.05) is 6.92 Å². The first-order chi connectivity index (χ1) is 7.09. The molecule has 3 atom stereocenters. The lowest BCUT2D eigenvalue weighted by Crippen LogP contribution is -2.24. The fourth-order valence-electron chi connectivity index (χ4n) is 2.41. The molecule has 1 aliphatic rings. The highest BCUT2D eigenvalue weighted by Crippen LogP contribution is 2.33. The first-order valence-electron chi connectivity index (χ1n) is 5.46. The van der Waals surface area contributed by atoms with Crippen LogP contribution in [0.4, 0.5) is 0 Å². The maximum atomic E-state index is 11.5. The minimum atomic E-state index is 0.0858. The van der Waals surface area contributed by atoms with Crippen LogP contribution in [0.3, 0.4) is 0 Å². The van der Waals surface area contributed by atoms with Gasteiger partial charge in [0.25, 0.3) is 0 Å². The molecule has 1 aromatic carbocycles. The lowest BCUT2D eigenvalue weighted by molar-refractivity contribution is -0.122. The topological polar surface area (TPSA) is 29.1 Å². The van der Waals surface area contributed by atoms with E-state index in [0.717, 1.165) is 0 Å². The quantitative estimate of drug-likeness (QED) is 0.745. The number of rotatable bonds is 1. The monoisotopic (exact) mass is 203 g/mol. The molecule has 0 spiro atoms. The molecule has 1 aliphatic heterocycles. The Bertz CT molecular complexity index is 369. The SMILES string of the molecule is Cc1ccc([C@H]2[C@H](C)C(=O)N[C@@H]2C)cc1. The Morgan fingerprint density at radius 2 is 1.73 bits per heavy atom. The summed E-state index contributed by atoms with van der Waals surface area (Å²) in [6.45, 7) is 6.16. The molecule has 15 heavy (non-hydrogen) atoms. The zero-order valence-electron chi connectivity index (χ0n) is 9.45. The highest BCUT2D eigenvalue weighted by atomic mass is 16.2. The van der Waals surface area contributed by atoms with Crippen molar-refractivity contribution in [1.29, 1.82) is 0 Å². The molecular weight excluding hydrogens is 186 g/mol. The van der Waals surface area contributed by atoms with E-state index in [9.17, 15) is 4.79 Å². The number of aryl methyl sites for hydroxylation is 1. The molecule has 0 aromatic heterocycles. The second-order valence-corrected chi connectivity index (χ2v) is 4.52. The number of hydrogen-bond acceptors (Lipinski definition) is 1. The number of nitrogens with one attached hydrogen (secondary N) is 1. The van der Waals surface area contributed by atoms with Crippen LogP contribution in [0.2, 0.25) is 0 Å². The van der Waals surface area contributed by atoms with Crippen molar-refractivity contribution in [1.82, 2.24) is 5.32 Å². The van der Waals surface area contributed by atoms with Crippen molar-refractivity contribution >= 4 is 5.91 Å². The third kappa shape index (κ3) is 1.76. The fourth-order valence-corrected chi connectivity index (χ4v) is 2.41. The lowest BCUT2D eigenvalue weighted by atomic mass is 9.85. The van der Waals surface area contributed by atoms with Crippen LogP contribution in [0, 0.1) is 12.8 Å². The largest absolute Gasteiger partial charge is 0.353 e. The van der Waals surface area contributed by atoms with E-state index in [2.05, 4.69) is 43.4 Å². The Morgan fingerprint density at radius 1 is 1.13 bits per heavy atom. The van der Waals surface area contributed by atoms with Gasteiger partial charge in [-0.15, -0.1) is 0 Å². The molecule has 1 heterocycles. The molecule has 0 bridgehead atoms. The predicted octanol–water partition coefficient (Wildman–Crippen LogP) is 2.23. The van der Waals surface area contributed by atoms with Crippen molar-refractivity contribution in [2.75, 3.05) is 0 Å². The van der Waals surface area contributed by atoms with Crippen LogP contribution in [-0.2, 0) is 4.79 Å². The molecule has 0 radical (unpaired) electrons. The van der Waals surface area contributed by atoms with Gasteiger partial charge in [-0.2, -0.15) is 0 Å². The van der Waals surface area contributed by atoms with Gasteiger partial charge in [-0.1, -0.05) is 36.8 Å². The van der Waals surface area contributed by atoms with Gasteiger partial charge in [0.1, 0.15) is 0 Å². The van der Waals surface area contributed by atoms with Gasteiger partial charge in [0.05, 0.1) is 0 Å². The van der Waals surface area contributed by atoms with E-state index in [4.69, 9.17) is 0 Å². The molecule has 0 aliphatic carbocycles. The number of carbonyl (C=O) groups excluding carboxylic acids is 1. The highest BCUT2D eigenvalue weighted by molar-refractivity contribution is 5.82. The summed E-state index contributed by atoms with van der Waals surface area (Å²) in [5.74, 6) is 0.578. The Labute approximate surface area is 90.7 Å². The third-order valence-corrected chi connectivity index (χ3v) is 3.32. The van der Waals surface area contributed by atoms with Gasteiger partial charge in [0.2, 0.25) is 5.91 Å². The van der Waals surface area contributed by atoms with Crippen molar-refractivity contribution in [2.24, 2.45) is 5.92 Å². The molecule has 2 heteroatoms. The molecule has 1 amide bonds. The van der Waals surface area contributed by atoms with Crippen molar-refractivity contribution < 1.29 is 4.79 Å². The molecule has 0 unspecified atom stereocenters. The minimum absolute atomic E-state index is 0.0858. The summed E-state index contributed by atoms with van der Waals surface area (Å²) in [7, 11) is 0. The van der Waals surface area contributed by atoms with Crippen LogP contribution in [0.5, 0.6) is 0 Å². The standard InChI is InChI=1S/C13H17NO/c1-8-4-6-11(7-5-8)12-9(2)13(15)14-10(12)3/h4-7,9-10,12H,1-3H3,(H,14,15)/t9-,10+,12-/m0/s1. The molecule has 2 nitrogen and oxygen atoms in total. The molecule has 1 fully saturated rings. The second kappa shape index (κ2) is 3.69. The average Bonchev–Trinajstić information content (AvgIpc) is 2.44. The van der Waals surface area contributed by atoms with Crippen LogP contribution in [0.25, 0.3) is 0 Å². The first-order valence-corrected chi connectivity index (χ1v) is 5.46. The van der Waals surface area contributed by atoms with E-state index in [1.165, 1.54) is 11.1 Å². The van der Waals surface area contributed by atoms with Crippen molar-refractivity contribution in [2.45, 2.75) is 32.7 Å². The van der Waals surface area contributed by atoms with E-state index in [1.54, 1.807) is 0 Å². The number of hydrogen-bond donors (Lipinski definition) is 1. The molecule has 1 aromatic rings. The lowest BCUT2D eigenvalue weighted by Gasteiger charge is -2.18. The van der Waals surface area contributed by atoms with Gasteiger partial charge >= 0.3 is 0 Å². The normalized spacial score (nSPS) is 30.3. The van der Waals surface area contributed by atoms with Crippen molar-refractivity contribution in [3.8, 4) is 0 Å². The van der Waals surface area contributed by atoms with Crippen LogP contribution in [0.15, 0.2) is 24.3 Å². The fraction of sp³-hybridized carbons (Fsp3) is 0.462. The predicted molar refractivity (Wildman–Crippen MR) is 60.7 cm³/mol. The Kier molecular flexibility index (Phi) is 2.51. The molecule has 1 saturated heterocycles. The smallest absolute Gasteiger partial charge is 0.223 e. The summed E-state index contributed by atoms with van der Waals surface area (Å²) in [6, 6.07) is 8.73. The van der Waals surface area contributed by atoms with E-state index < -0.39 is 0 Å². The maximum absolute atomic E-state index is 11.5. The van der Waals surface area contributed by atoms with Gasteiger partial charge in [-0.05, 0) is 19.4 Å². The Hall–Kier alpha value is -1.31. The zero-order valence-corrected chi connectivity index (χ0v) is 9.45. The van der Waals surface area contributed by atoms with E-state index in [-0.39, 0.29) is 17.9 Å². The molecule has 0 saturated carbocycles. The van der Waals surface area contributed by atoms with Crippen molar-refractivity contribution in [3.63, 3.8) is 0 Å². The maximum Gasteiger partial charge on any atom is 0.223 e. The average molecular weight is 203 g/mol. The Balaban J connectivity index is 2.30. The number of amides is 1. The molecular formula is C13H17NO. The summed E-state index contributed by atoms with van der Waals surface area (Å²) in [5.41, 5.74) is 2.52. The Morgan fingerprint density at radius 3 is 2.20 bits per heavy atom. The second-order valence-electron chi connectivity index (χ2n) is 4.52. The molecule has 1 N–H and O–H groups in total. The highest BCUT2D eigenvalue weighted by Gasteiger charge is 2.37. The number of carbonyl (C=O) groups is 1. The van der Waals surface area contributed by atoms with E-state index in [0.29, 0.717) is 5.92 Å². The van der Waals surface area contributed by atoms with E-state index >= 15 is 0 Å². The summed E-state index contributed by atoms with van der Waals surface area (Å²) >= 11 is 0. The van der Waals surface area contributed by atoms with Crippen LogP contribution in [-0.4, -0.2) is 11.9 Å². The summed E-state index contributed by atoms with van der Waals surface area (Å²) in [5, 5.41) is 2.99.